The number of aliphatic carboxylic acids is 1. The molecule has 0 rings (SSSR count). The number of hydrogen-bond acceptors (Lipinski definition) is 5. The van der Waals surface area contributed by atoms with Gasteiger partial charge in [0.05, 0.1) is 40.0 Å². The lowest BCUT2D eigenvalue weighted by molar-refractivity contribution is -0.870. The third-order valence-electron chi connectivity index (χ3n) is 9.40. The van der Waals surface area contributed by atoms with Gasteiger partial charge in [-0.1, -0.05) is 113 Å². The summed E-state index contributed by atoms with van der Waals surface area (Å²) < 4.78 is 15.1. The first-order chi connectivity index (χ1) is 19.5. The van der Waals surface area contributed by atoms with E-state index in [1.54, 1.807) is 0 Å². The SMILES string of the molecule is CCCCCCCCC(O[Si](C)(C)C(C)(C)C)C(CCCCCCCC(=O)[O-])O[Si](C)(C)C(C)(C)C.C[N+](C)(C)CCO. The van der Waals surface area contributed by atoms with E-state index >= 15 is 0 Å². The zero-order valence-corrected chi connectivity index (χ0v) is 33.5. The molecule has 0 aliphatic carbocycles. The Bertz CT molecular complexity index is 708. The number of carbonyl (C=O) groups is 1. The van der Waals surface area contributed by atoms with Gasteiger partial charge < -0.3 is 28.3 Å². The minimum atomic E-state index is -1.95. The smallest absolute Gasteiger partial charge is 0.192 e. The summed E-state index contributed by atoms with van der Waals surface area (Å²) in [5.41, 5.74) is 0. The number of carboxylic acid groups (broad SMARTS) is 1. The van der Waals surface area contributed by atoms with Crippen LogP contribution in [0.5, 0.6) is 0 Å². The highest BCUT2D eigenvalue weighted by Gasteiger charge is 2.44. The first-order valence-corrected chi connectivity index (χ1v) is 23.3. The van der Waals surface area contributed by atoms with Crippen molar-refractivity contribution >= 4 is 22.6 Å². The van der Waals surface area contributed by atoms with Crippen LogP contribution in [0.15, 0.2) is 0 Å². The Balaban J connectivity index is 0. The number of quaternary nitrogens is 1. The van der Waals surface area contributed by atoms with Crippen LogP contribution >= 0.6 is 0 Å². The zero-order valence-electron chi connectivity index (χ0n) is 31.5. The molecule has 0 radical (unpaired) electrons. The highest BCUT2D eigenvalue weighted by atomic mass is 28.4. The molecule has 1 N–H and O–H groups in total. The van der Waals surface area contributed by atoms with Crippen LogP contribution in [-0.2, 0) is 13.6 Å². The summed E-state index contributed by atoms with van der Waals surface area (Å²) in [6.45, 7) is 26.8. The molecule has 0 aliphatic heterocycles. The van der Waals surface area contributed by atoms with Crippen LogP contribution in [-0.4, -0.2) is 78.7 Å². The predicted octanol–water partition coefficient (Wildman–Crippen LogP) is 8.68. The Labute approximate surface area is 271 Å². The second-order valence-corrected chi connectivity index (χ2v) is 26.3. The monoisotopic (exact) mass is 648 g/mol. The van der Waals surface area contributed by atoms with Crippen molar-refractivity contribution in [2.24, 2.45) is 0 Å². The van der Waals surface area contributed by atoms with E-state index in [1.807, 2.05) is 0 Å². The molecule has 0 heterocycles. The van der Waals surface area contributed by atoms with Crippen molar-refractivity contribution in [3.05, 3.63) is 0 Å². The number of carboxylic acids is 1. The standard InChI is InChI=1S/C30H64O4Si2.C5H14NO/c1-12-13-14-15-17-20-23-26(33-35(8,9)29(2,3)4)27(34-36(10,11)30(5,6)7)24-21-18-16-19-22-25-28(31)32;1-6(2,3)4-5-7/h26-27H,12-25H2,1-11H3,(H,31,32);7H,4-5H2,1-3H3/q;+1/p-1. The van der Waals surface area contributed by atoms with Crippen LogP contribution in [0.4, 0.5) is 0 Å². The topological polar surface area (TPSA) is 78.8 Å². The first-order valence-electron chi connectivity index (χ1n) is 17.5. The Morgan fingerprint density at radius 2 is 1.05 bits per heavy atom. The maximum Gasteiger partial charge on any atom is 0.192 e. The van der Waals surface area contributed by atoms with Crippen LogP contribution in [0.25, 0.3) is 0 Å². The Morgan fingerprint density at radius 1 is 0.698 bits per heavy atom. The maximum absolute atomic E-state index is 10.7. The minimum absolute atomic E-state index is 0.138. The molecule has 2 atom stereocenters. The van der Waals surface area contributed by atoms with Crippen LogP contribution in [0.1, 0.15) is 138 Å². The van der Waals surface area contributed by atoms with E-state index in [4.69, 9.17) is 14.0 Å². The molecule has 0 fully saturated rings. The molecule has 2 unspecified atom stereocenters. The molecule has 0 saturated heterocycles. The summed E-state index contributed by atoms with van der Waals surface area (Å²) in [7, 11) is 2.27. The van der Waals surface area contributed by atoms with Gasteiger partial charge in [-0.15, -0.1) is 0 Å². The van der Waals surface area contributed by atoms with Crippen molar-refractivity contribution in [1.82, 2.24) is 0 Å². The van der Waals surface area contributed by atoms with Crippen molar-refractivity contribution in [3.8, 4) is 0 Å². The summed E-state index contributed by atoms with van der Waals surface area (Å²) in [4.78, 5) is 10.7. The number of carbonyl (C=O) groups excluding carboxylic acids is 1. The second-order valence-electron chi connectivity index (χ2n) is 16.8. The molecule has 6 nitrogen and oxygen atoms in total. The molecule has 0 saturated carbocycles. The van der Waals surface area contributed by atoms with E-state index in [-0.39, 0.29) is 35.3 Å². The Morgan fingerprint density at radius 3 is 1.33 bits per heavy atom. The molecule has 0 spiro atoms. The van der Waals surface area contributed by atoms with Crippen molar-refractivity contribution in [2.45, 2.75) is 187 Å². The van der Waals surface area contributed by atoms with E-state index in [0.717, 1.165) is 56.0 Å². The number of aliphatic hydroxyl groups is 1. The second kappa shape index (κ2) is 21.5. The molecular formula is C35H77NO5Si2. The van der Waals surface area contributed by atoms with E-state index in [2.05, 4.69) is 95.8 Å². The van der Waals surface area contributed by atoms with Gasteiger partial charge >= 0.3 is 0 Å². The number of nitrogens with zero attached hydrogens (tertiary/aromatic N) is 1. The lowest BCUT2D eigenvalue weighted by Gasteiger charge is -2.45. The number of hydrogen-bond donors (Lipinski definition) is 1. The summed E-state index contributed by atoms with van der Waals surface area (Å²) in [5.74, 6) is -0.932. The van der Waals surface area contributed by atoms with Crippen molar-refractivity contribution in [2.75, 3.05) is 34.3 Å². The largest absolute Gasteiger partial charge is 0.550 e. The van der Waals surface area contributed by atoms with E-state index in [9.17, 15) is 9.90 Å². The third kappa shape index (κ3) is 22.8. The number of unbranched alkanes of at least 4 members (excludes halogenated alkanes) is 9. The molecular weight excluding hydrogens is 571 g/mol. The van der Waals surface area contributed by atoms with E-state index in [1.165, 1.54) is 38.5 Å². The molecule has 43 heavy (non-hydrogen) atoms. The van der Waals surface area contributed by atoms with Crippen molar-refractivity contribution in [3.63, 3.8) is 0 Å². The number of likely N-dealkylation sites (N-methyl/N-ethyl adjacent to an activating group) is 1. The van der Waals surface area contributed by atoms with Gasteiger partial charge in [0.25, 0.3) is 0 Å². The fraction of sp³-hybridized carbons (Fsp3) is 0.971. The van der Waals surface area contributed by atoms with Gasteiger partial charge in [-0.25, -0.2) is 0 Å². The van der Waals surface area contributed by atoms with Gasteiger partial charge in [-0.3, -0.25) is 0 Å². The average molecular weight is 648 g/mol. The van der Waals surface area contributed by atoms with Gasteiger partial charge in [-0.05, 0) is 61.9 Å². The van der Waals surface area contributed by atoms with Crippen LogP contribution in [0, 0.1) is 0 Å². The molecule has 0 amide bonds. The molecule has 0 aromatic rings. The zero-order chi connectivity index (χ0) is 34.0. The third-order valence-corrected chi connectivity index (χ3v) is 18.4. The molecule has 0 aromatic heterocycles. The lowest BCUT2D eigenvalue weighted by Crippen LogP contribution is -2.51. The quantitative estimate of drug-likeness (QED) is 0.0723. The van der Waals surface area contributed by atoms with Gasteiger partial charge in [0.1, 0.15) is 6.54 Å². The van der Waals surface area contributed by atoms with Gasteiger partial charge in [-0.2, -0.15) is 0 Å². The number of rotatable bonds is 22. The maximum atomic E-state index is 10.7. The molecule has 0 bridgehead atoms. The van der Waals surface area contributed by atoms with Crippen LogP contribution in [0.2, 0.25) is 36.3 Å². The molecule has 8 heteroatoms. The summed E-state index contributed by atoms with van der Waals surface area (Å²) in [6, 6.07) is 0. The van der Waals surface area contributed by atoms with Gasteiger partial charge in [0.15, 0.2) is 16.6 Å². The highest BCUT2D eigenvalue weighted by molar-refractivity contribution is 6.74. The fourth-order valence-corrected chi connectivity index (χ4v) is 7.08. The Kier molecular flexibility index (Phi) is 22.5. The number of aliphatic hydroxyl groups excluding tert-OH is 1. The van der Waals surface area contributed by atoms with E-state index < -0.39 is 22.6 Å². The van der Waals surface area contributed by atoms with Gasteiger partial charge in [0.2, 0.25) is 0 Å². The van der Waals surface area contributed by atoms with Gasteiger partial charge in [0, 0.05) is 5.97 Å². The van der Waals surface area contributed by atoms with Crippen molar-refractivity contribution in [1.29, 1.82) is 0 Å². The first kappa shape index (κ1) is 44.9. The van der Waals surface area contributed by atoms with Crippen LogP contribution in [0.3, 0.4) is 0 Å². The predicted molar refractivity (Wildman–Crippen MR) is 189 cm³/mol. The van der Waals surface area contributed by atoms with Crippen molar-refractivity contribution < 1.29 is 28.3 Å². The molecule has 0 aromatic carbocycles. The highest BCUT2D eigenvalue weighted by Crippen LogP contribution is 2.42. The summed E-state index contributed by atoms with van der Waals surface area (Å²) >= 11 is 0. The molecule has 260 valence electrons. The summed E-state index contributed by atoms with van der Waals surface area (Å²) in [5, 5.41) is 19.4. The average Bonchev–Trinajstić information content (AvgIpc) is 2.82. The van der Waals surface area contributed by atoms with E-state index in [0.29, 0.717) is 0 Å². The fourth-order valence-electron chi connectivity index (χ4n) is 4.32. The lowest BCUT2D eigenvalue weighted by atomic mass is 9.99. The normalized spacial score (nSPS) is 14.7. The Hall–Kier alpha value is -0.256. The van der Waals surface area contributed by atoms with Crippen LogP contribution < -0.4 is 5.11 Å². The molecule has 0 aliphatic rings. The summed E-state index contributed by atoms with van der Waals surface area (Å²) in [6.07, 6.45) is 15.4. The minimum Gasteiger partial charge on any atom is -0.550 e.